The van der Waals surface area contributed by atoms with Crippen molar-refractivity contribution >= 4 is 46.6 Å². The average molecular weight is 1090 g/mol. The number of halogens is 11. The van der Waals surface area contributed by atoms with Crippen molar-refractivity contribution in [1.82, 2.24) is 4.57 Å². The Morgan fingerprint density at radius 3 is 1.61 bits per heavy atom. The van der Waals surface area contributed by atoms with E-state index in [2.05, 4.69) is 14.5 Å². The van der Waals surface area contributed by atoms with Crippen LogP contribution in [0.5, 0.6) is 0 Å². The second-order valence-corrected chi connectivity index (χ2v) is 15.9. The van der Waals surface area contributed by atoms with Crippen molar-refractivity contribution in [3.05, 3.63) is 132 Å². The molecule has 3 aliphatic carbocycles. The first kappa shape index (κ1) is 60.9. The van der Waals surface area contributed by atoms with Gasteiger partial charge in [0.05, 0.1) is 60.5 Å². The van der Waals surface area contributed by atoms with E-state index in [1.54, 1.807) is 13.8 Å². The third kappa shape index (κ3) is 14.4. The number of nitrogens with two attached hydrogens (primary N) is 1. The number of benzene rings is 3. The Hall–Kier alpha value is -8.64. The summed E-state index contributed by atoms with van der Waals surface area (Å²) in [4.78, 5) is 64.0. The summed E-state index contributed by atoms with van der Waals surface area (Å²) in [5.74, 6) is -18.1. The number of ether oxygens (including phenoxy) is 4. The number of carbonyl (C=O) groups excluding carboxylic acids is 4. The second-order valence-electron chi connectivity index (χ2n) is 15.9. The van der Waals surface area contributed by atoms with Crippen molar-refractivity contribution < 1.29 is 91.5 Å². The molecule has 16 nitrogen and oxygen atoms in total. The zero-order chi connectivity index (χ0) is 57.7. The minimum absolute atomic E-state index is 0.00665. The highest BCUT2D eigenvalue weighted by Crippen LogP contribution is 2.41. The zero-order valence-electron chi connectivity index (χ0n) is 40.5. The zero-order valence-corrected chi connectivity index (χ0v) is 40.5. The number of Topliss-reactive ketones (excluding diaryl/α,β-unsaturated/α-hetero) is 1. The molecule has 6 atom stereocenters. The third-order valence-corrected chi connectivity index (χ3v) is 10.6. The lowest BCUT2D eigenvalue weighted by Crippen LogP contribution is -2.22. The van der Waals surface area contributed by atoms with Gasteiger partial charge in [0, 0.05) is 31.3 Å². The SMILES string of the molecule is CCOC(=O)C(C=N[C@@H]1C[C@@H]1F)=C(O)c1cc(F)c(F)c(C#N)c1F.CCOC(=O)c1cn([C@@H]2C[C@@H]2F)c2c(C#N)c(F)c(F)cc2c1=O.CCOC=C(C(=O)OCC)C(=O)c1cc(F)c(F)c(C#N)c1F.N[C@@H]1C[C@@H]1F. The van der Waals surface area contributed by atoms with Crippen molar-refractivity contribution in [1.29, 1.82) is 15.8 Å². The number of nitriles is 3. The van der Waals surface area contributed by atoms with Crippen molar-refractivity contribution in [3.8, 4) is 18.2 Å². The number of esters is 3. The Bertz CT molecular complexity index is 3270. The van der Waals surface area contributed by atoms with Crippen LogP contribution in [0.15, 0.2) is 51.6 Å². The van der Waals surface area contributed by atoms with Crippen LogP contribution in [0.3, 0.4) is 0 Å². The summed E-state index contributed by atoms with van der Waals surface area (Å²) in [5, 5.41) is 36.3. The first-order valence-electron chi connectivity index (χ1n) is 22.6. The Balaban J connectivity index is 0.000000238. The maximum absolute atomic E-state index is 14.2. The van der Waals surface area contributed by atoms with Crippen molar-refractivity contribution in [2.24, 2.45) is 10.7 Å². The molecule has 3 saturated carbocycles. The van der Waals surface area contributed by atoms with Crippen LogP contribution < -0.4 is 11.2 Å². The summed E-state index contributed by atoms with van der Waals surface area (Å²) < 4.78 is 167. The van der Waals surface area contributed by atoms with Crippen LogP contribution in [0.1, 0.15) is 96.0 Å². The minimum atomic E-state index is -1.72. The highest BCUT2D eigenvalue weighted by molar-refractivity contribution is 6.24. The Kier molecular flexibility index (Phi) is 21.1. The van der Waals surface area contributed by atoms with E-state index in [9.17, 15) is 77.4 Å². The fourth-order valence-corrected chi connectivity index (χ4v) is 6.30. The molecule has 1 aromatic heterocycles. The maximum atomic E-state index is 14.2. The molecule has 0 aliphatic heterocycles. The molecule has 0 spiro atoms. The minimum Gasteiger partial charge on any atom is -0.506 e. The third-order valence-electron chi connectivity index (χ3n) is 10.6. The highest BCUT2D eigenvalue weighted by Gasteiger charge is 2.41. The molecule has 7 rings (SSSR count). The number of alkyl halides is 3. The number of hydrogen-bond donors (Lipinski definition) is 2. The molecule has 0 amide bonds. The summed E-state index contributed by atoms with van der Waals surface area (Å²) in [6.45, 7) is 5.99. The fourth-order valence-electron chi connectivity index (χ4n) is 6.30. The van der Waals surface area contributed by atoms with Crippen LogP contribution in [-0.2, 0) is 28.5 Å². The fraction of sp³-hybridized carbons (Fsp3) is 0.340. The van der Waals surface area contributed by atoms with Crippen LogP contribution in [0, 0.1) is 80.5 Å². The topological polar surface area (TPSA) is 257 Å². The van der Waals surface area contributed by atoms with Crippen LogP contribution in [-0.4, -0.2) is 96.6 Å². The van der Waals surface area contributed by atoms with Gasteiger partial charge in [0.2, 0.25) is 11.2 Å². The average Bonchev–Trinajstić information content (AvgIpc) is 4.36. The van der Waals surface area contributed by atoms with E-state index in [0.29, 0.717) is 18.6 Å². The molecule has 1 heterocycles. The number of aliphatic imine (C=N–C) groups is 1. The molecule has 0 bridgehead atoms. The van der Waals surface area contributed by atoms with Gasteiger partial charge in [0.25, 0.3) is 0 Å². The lowest BCUT2D eigenvalue weighted by molar-refractivity contribution is -0.139. The number of pyridine rings is 1. The Labute approximate surface area is 428 Å². The maximum Gasteiger partial charge on any atom is 0.345 e. The molecular weight excluding hydrogens is 1050 g/mol. The largest absolute Gasteiger partial charge is 0.506 e. The van der Waals surface area contributed by atoms with Crippen molar-refractivity contribution in [2.75, 3.05) is 26.4 Å². The van der Waals surface area contributed by atoms with Gasteiger partial charge in [-0.1, -0.05) is 0 Å². The predicted molar refractivity (Wildman–Crippen MR) is 246 cm³/mol. The van der Waals surface area contributed by atoms with E-state index < -0.39 is 157 Å². The van der Waals surface area contributed by atoms with Crippen LogP contribution >= 0.6 is 0 Å². The van der Waals surface area contributed by atoms with Gasteiger partial charge in [-0.05, 0) is 52.3 Å². The lowest BCUT2D eigenvalue weighted by Gasteiger charge is -2.14. The van der Waals surface area contributed by atoms with Crippen LogP contribution in [0.4, 0.5) is 48.3 Å². The molecule has 0 radical (unpaired) electrons. The first-order valence-corrected chi connectivity index (χ1v) is 22.6. The number of aliphatic hydroxyl groups is 1. The summed E-state index contributed by atoms with van der Waals surface area (Å²) in [7, 11) is 0. The van der Waals surface area contributed by atoms with E-state index >= 15 is 0 Å². The van der Waals surface area contributed by atoms with E-state index in [1.165, 1.54) is 19.9 Å². The van der Waals surface area contributed by atoms with Gasteiger partial charge in [0.1, 0.15) is 82.1 Å². The number of nitrogens with zero attached hydrogens (tertiary/aromatic N) is 5. The number of aliphatic hydroxyl groups excluding tert-OH is 1. The molecule has 3 N–H and O–H groups in total. The number of aromatic nitrogens is 1. The summed E-state index contributed by atoms with van der Waals surface area (Å²) in [5.41, 5.74) is -3.03. The van der Waals surface area contributed by atoms with Gasteiger partial charge in [-0.3, -0.25) is 14.6 Å². The predicted octanol–water partition coefficient (Wildman–Crippen LogP) is 8.30. The summed E-state index contributed by atoms with van der Waals surface area (Å²) in [6, 6.07) is 3.37. The monoisotopic (exact) mass is 1090 g/mol. The number of fused-ring (bicyclic) bond motifs is 1. The Morgan fingerprint density at radius 1 is 0.688 bits per heavy atom. The normalized spacial score (nSPS) is 18.9. The van der Waals surface area contributed by atoms with Gasteiger partial charge in [0.15, 0.2) is 46.5 Å². The molecule has 3 aliphatic rings. The molecule has 0 saturated heterocycles. The standard InChI is InChI=1S/C16H12F4N2O3.C16H11F3N2O3.C15H12F3NO4.C3H6FN/c1-2-25-16(24)9(6-22-12-4-10(12)17)15(23)7-3-11(18)14(20)8(5-21)13(7)19;1-2-24-16(23)9-6-21(12-4-10(12)17)14-7(15(9)22)3-11(18)13(19)8(14)5-20;1-3-22-7-10(15(21)23-4-2)14(20)8-5-11(16)13(18)9(6-19)12(8)17;4-2-1-3(2)5/h3,6,10,12,23H,2,4H2,1H3;3,6,10,12H,2,4H2,1H3;5,7H,3-4H2,1-2H3;2-3H,1,5H2/t2*10-,12+;;2-,3+/m00.0/s1. The summed E-state index contributed by atoms with van der Waals surface area (Å²) >= 11 is 0. The highest BCUT2D eigenvalue weighted by atomic mass is 19.2. The van der Waals surface area contributed by atoms with Gasteiger partial charge < -0.3 is 34.4 Å². The van der Waals surface area contributed by atoms with E-state index in [-0.39, 0.29) is 62.3 Å². The molecule has 0 unspecified atom stereocenters. The lowest BCUT2D eigenvalue weighted by atomic mass is 10.0. The molecule has 27 heteroatoms. The smallest absolute Gasteiger partial charge is 0.345 e. The number of hydrogen-bond acceptors (Lipinski definition) is 15. The van der Waals surface area contributed by atoms with E-state index in [4.69, 9.17) is 31.0 Å². The summed E-state index contributed by atoms with van der Waals surface area (Å²) in [6.07, 6.45) is 0.255. The van der Waals surface area contributed by atoms with Gasteiger partial charge in [-0.15, -0.1) is 0 Å². The van der Waals surface area contributed by atoms with E-state index in [1.807, 2.05) is 0 Å². The van der Waals surface area contributed by atoms with Crippen LogP contribution in [0.2, 0.25) is 0 Å². The molecule has 408 valence electrons. The van der Waals surface area contributed by atoms with Gasteiger partial charge in [-0.2, -0.15) is 15.8 Å². The number of ketones is 1. The number of rotatable bonds is 14. The van der Waals surface area contributed by atoms with Gasteiger partial charge >= 0.3 is 17.9 Å². The molecular formula is C50H41F11N6O10. The molecule has 3 aromatic carbocycles. The second kappa shape index (κ2) is 26.7. The molecule has 3 fully saturated rings. The van der Waals surface area contributed by atoms with E-state index in [0.717, 1.165) is 35.4 Å². The quantitative estimate of drug-likeness (QED) is 0.0115. The van der Waals surface area contributed by atoms with Crippen LogP contribution in [0.25, 0.3) is 16.7 Å². The van der Waals surface area contributed by atoms with Gasteiger partial charge in [-0.25, -0.2) is 62.7 Å². The molecule has 77 heavy (non-hydrogen) atoms. The number of carbonyl (C=O) groups is 4. The molecule has 4 aromatic rings. The Morgan fingerprint density at radius 2 is 1.16 bits per heavy atom. The van der Waals surface area contributed by atoms with Crippen molar-refractivity contribution in [2.45, 2.75) is 83.6 Å². The van der Waals surface area contributed by atoms with Crippen molar-refractivity contribution in [3.63, 3.8) is 0 Å². The first-order chi connectivity index (χ1) is 36.4.